The molecule has 0 spiro atoms. The van der Waals surface area contributed by atoms with Crippen molar-refractivity contribution in [2.75, 3.05) is 6.54 Å². The van der Waals surface area contributed by atoms with E-state index in [4.69, 9.17) is 0 Å². The third-order valence-corrected chi connectivity index (χ3v) is 6.77. The highest BCUT2D eigenvalue weighted by molar-refractivity contribution is 5.58. The number of H-pyrrole nitrogens is 1. The normalized spacial score (nSPS) is 21.5. The summed E-state index contributed by atoms with van der Waals surface area (Å²) in [5.41, 5.74) is 5.02. The zero-order valence-electron chi connectivity index (χ0n) is 17.7. The first-order chi connectivity index (χ1) is 14.0. The minimum atomic E-state index is 0.295. The van der Waals surface area contributed by atoms with Crippen LogP contribution in [-0.2, 0) is 6.42 Å². The Morgan fingerprint density at radius 1 is 1.17 bits per heavy atom. The van der Waals surface area contributed by atoms with E-state index in [0.29, 0.717) is 17.4 Å². The van der Waals surface area contributed by atoms with Crippen LogP contribution in [0.4, 0.5) is 0 Å². The molecular weight excluding hydrogens is 356 g/mol. The Bertz CT molecular complexity index is 901. The molecule has 3 atom stereocenters. The molecule has 1 saturated carbocycles. The van der Waals surface area contributed by atoms with E-state index in [2.05, 4.69) is 83.7 Å². The van der Waals surface area contributed by atoms with Crippen molar-refractivity contribution in [1.82, 2.24) is 20.5 Å². The molecule has 2 aromatic heterocycles. The molecule has 4 nitrogen and oxygen atoms in total. The standard InChI is InChI=1S/C25H32N4/c1-18(14-19-8-5-4-6-9-19)27-13-11-21-15-22(25(21,2)3)24-16-23(28-29-24)20-10-7-12-26-17-20/h4-10,12,16-18,21-22,27H,11,13-15H2,1-3H3,(H,28,29). The number of rotatable bonds is 8. The molecular formula is C25H32N4. The van der Waals surface area contributed by atoms with E-state index in [0.717, 1.165) is 30.1 Å². The van der Waals surface area contributed by atoms with Crippen LogP contribution in [0.25, 0.3) is 11.3 Å². The SMILES string of the molecule is CC(Cc1ccccc1)NCCC1CC(c2cc(-c3cccnc3)n[nH]2)C1(C)C. The molecule has 1 aliphatic carbocycles. The van der Waals surface area contributed by atoms with Gasteiger partial charge < -0.3 is 5.32 Å². The highest BCUT2D eigenvalue weighted by Gasteiger charge is 2.48. The number of hydrogen-bond donors (Lipinski definition) is 2. The van der Waals surface area contributed by atoms with Gasteiger partial charge in [0.1, 0.15) is 0 Å². The molecule has 1 fully saturated rings. The van der Waals surface area contributed by atoms with Crippen molar-refractivity contribution in [3.05, 3.63) is 72.2 Å². The molecule has 0 amide bonds. The molecule has 1 aromatic carbocycles. The van der Waals surface area contributed by atoms with E-state index in [1.165, 1.54) is 24.1 Å². The average molecular weight is 389 g/mol. The molecule has 0 aliphatic heterocycles. The summed E-state index contributed by atoms with van der Waals surface area (Å²) in [5, 5.41) is 11.5. The number of aromatic nitrogens is 3. The third-order valence-electron chi connectivity index (χ3n) is 6.77. The lowest BCUT2D eigenvalue weighted by Gasteiger charge is -2.52. The molecule has 0 saturated heterocycles. The van der Waals surface area contributed by atoms with Gasteiger partial charge in [0.05, 0.1) is 5.69 Å². The lowest BCUT2D eigenvalue weighted by Crippen LogP contribution is -2.45. The highest BCUT2D eigenvalue weighted by Crippen LogP contribution is 2.57. The Kier molecular flexibility index (Phi) is 5.81. The van der Waals surface area contributed by atoms with E-state index in [1.807, 2.05) is 12.3 Å². The second kappa shape index (κ2) is 8.50. The number of benzene rings is 1. The zero-order valence-corrected chi connectivity index (χ0v) is 17.7. The molecule has 3 aromatic rings. The Morgan fingerprint density at radius 3 is 2.72 bits per heavy atom. The Hall–Kier alpha value is -2.46. The summed E-state index contributed by atoms with van der Waals surface area (Å²) in [4.78, 5) is 4.20. The third kappa shape index (κ3) is 4.43. The smallest absolute Gasteiger partial charge is 0.0939 e. The first-order valence-electron chi connectivity index (χ1n) is 10.8. The van der Waals surface area contributed by atoms with E-state index in [9.17, 15) is 0 Å². The average Bonchev–Trinajstić information content (AvgIpc) is 3.21. The number of nitrogens with one attached hydrogen (secondary N) is 2. The first kappa shape index (κ1) is 19.8. The predicted octanol–water partition coefficient (Wildman–Crippen LogP) is 5.21. The maximum atomic E-state index is 4.53. The number of nitrogens with zero attached hydrogens (tertiary/aromatic N) is 2. The van der Waals surface area contributed by atoms with E-state index >= 15 is 0 Å². The minimum Gasteiger partial charge on any atom is -0.314 e. The monoisotopic (exact) mass is 388 g/mol. The van der Waals surface area contributed by atoms with Crippen molar-refractivity contribution in [2.45, 2.75) is 52.0 Å². The molecule has 2 heterocycles. The van der Waals surface area contributed by atoms with Crippen LogP contribution in [-0.4, -0.2) is 27.8 Å². The van der Waals surface area contributed by atoms with Gasteiger partial charge in [-0.05, 0) is 67.8 Å². The van der Waals surface area contributed by atoms with Crippen molar-refractivity contribution in [1.29, 1.82) is 0 Å². The maximum absolute atomic E-state index is 4.53. The van der Waals surface area contributed by atoms with Gasteiger partial charge in [-0.2, -0.15) is 5.10 Å². The molecule has 3 unspecified atom stereocenters. The van der Waals surface area contributed by atoms with Gasteiger partial charge in [0.15, 0.2) is 0 Å². The molecule has 2 N–H and O–H groups in total. The Labute approximate surface area is 174 Å². The summed E-state index contributed by atoms with van der Waals surface area (Å²) < 4.78 is 0. The Morgan fingerprint density at radius 2 is 2.00 bits per heavy atom. The molecule has 152 valence electrons. The van der Waals surface area contributed by atoms with Gasteiger partial charge in [-0.3, -0.25) is 10.1 Å². The van der Waals surface area contributed by atoms with Crippen molar-refractivity contribution in [3.63, 3.8) is 0 Å². The predicted molar refractivity (Wildman–Crippen MR) is 119 cm³/mol. The molecule has 0 radical (unpaired) electrons. The molecule has 0 bridgehead atoms. The largest absolute Gasteiger partial charge is 0.314 e. The van der Waals surface area contributed by atoms with Crippen LogP contribution in [0.15, 0.2) is 60.9 Å². The van der Waals surface area contributed by atoms with Gasteiger partial charge in [-0.1, -0.05) is 44.2 Å². The van der Waals surface area contributed by atoms with Crippen molar-refractivity contribution in [2.24, 2.45) is 11.3 Å². The van der Waals surface area contributed by atoms with Crippen molar-refractivity contribution >= 4 is 0 Å². The fourth-order valence-corrected chi connectivity index (χ4v) is 4.75. The van der Waals surface area contributed by atoms with Gasteiger partial charge in [-0.15, -0.1) is 0 Å². The van der Waals surface area contributed by atoms with Crippen LogP contribution in [0, 0.1) is 11.3 Å². The summed E-state index contributed by atoms with van der Waals surface area (Å²) >= 11 is 0. The minimum absolute atomic E-state index is 0.295. The summed E-state index contributed by atoms with van der Waals surface area (Å²) in [6, 6.07) is 17.5. The van der Waals surface area contributed by atoms with E-state index in [1.54, 1.807) is 6.20 Å². The molecule has 29 heavy (non-hydrogen) atoms. The fourth-order valence-electron chi connectivity index (χ4n) is 4.75. The van der Waals surface area contributed by atoms with Gasteiger partial charge in [0.2, 0.25) is 0 Å². The molecule has 1 aliphatic rings. The van der Waals surface area contributed by atoms with Crippen LogP contribution in [0.5, 0.6) is 0 Å². The topological polar surface area (TPSA) is 53.6 Å². The number of pyridine rings is 1. The van der Waals surface area contributed by atoms with Gasteiger partial charge in [-0.25, -0.2) is 0 Å². The van der Waals surface area contributed by atoms with Crippen LogP contribution in [0.3, 0.4) is 0 Å². The summed E-state index contributed by atoms with van der Waals surface area (Å²) in [6.45, 7) is 8.18. The number of aromatic amines is 1. The summed E-state index contributed by atoms with van der Waals surface area (Å²) in [5.74, 6) is 1.29. The van der Waals surface area contributed by atoms with Gasteiger partial charge in [0.25, 0.3) is 0 Å². The second-order valence-electron chi connectivity index (χ2n) is 9.09. The first-order valence-corrected chi connectivity index (χ1v) is 10.8. The Balaban J connectivity index is 1.27. The van der Waals surface area contributed by atoms with Gasteiger partial charge >= 0.3 is 0 Å². The maximum Gasteiger partial charge on any atom is 0.0939 e. The van der Waals surface area contributed by atoms with Crippen molar-refractivity contribution < 1.29 is 0 Å². The van der Waals surface area contributed by atoms with Crippen LogP contribution < -0.4 is 5.32 Å². The zero-order chi connectivity index (χ0) is 20.3. The summed E-state index contributed by atoms with van der Waals surface area (Å²) in [7, 11) is 0. The van der Waals surface area contributed by atoms with E-state index in [-0.39, 0.29) is 0 Å². The van der Waals surface area contributed by atoms with Crippen molar-refractivity contribution in [3.8, 4) is 11.3 Å². The molecule has 4 heteroatoms. The lowest BCUT2D eigenvalue weighted by molar-refractivity contribution is 0.0243. The summed E-state index contributed by atoms with van der Waals surface area (Å²) in [6.07, 6.45) is 7.22. The van der Waals surface area contributed by atoms with Crippen LogP contribution in [0.1, 0.15) is 50.8 Å². The number of hydrogen-bond acceptors (Lipinski definition) is 3. The van der Waals surface area contributed by atoms with Gasteiger partial charge in [0, 0.05) is 35.6 Å². The van der Waals surface area contributed by atoms with Crippen LogP contribution >= 0.6 is 0 Å². The quantitative estimate of drug-likeness (QED) is 0.557. The lowest BCUT2D eigenvalue weighted by atomic mass is 9.53. The fraction of sp³-hybridized carbons (Fsp3) is 0.440. The highest BCUT2D eigenvalue weighted by atomic mass is 15.1. The second-order valence-corrected chi connectivity index (χ2v) is 9.09. The van der Waals surface area contributed by atoms with Crippen LogP contribution in [0.2, 0.25) is 0 Å². The van der Waals surface area contributed by atoms with E-state index < -0.39 is 0 Å². The molecule has 4 rings (SSSR count).